The summed E-state index contributed by atoms with van der Waals surface area (Å²) in [6, 6.07) is 7.93. The summed E-state index contributed by atoms with van der Waals surface area (Å²) in [4.78, 5) is 57.5. The van der Waals surface area contributed by atoms with Crippen molar-refractivity contribution in [2.24, 2.45) is 21.1 Å². The number of rotatable bonds is 10. The van der Waals surface area contributed by atoms with E-state index in [4.69, 9.17) is 4.74 Å². The molecule has 14 heteroatoms. The SMILES string of the molecule is Cn1cc(NC(=O)c2cc(NC(=O)c3cc(NC(=O)c4ccncc4)cn3C)cn2C)cc1C(=O)NCCN1CCOCC1. The minimum atomic E-state index is -0.415. The van der Waals surface area contributed by atoms with Gasteiger partial charge < -0.3 is 39.7 Å². The van der Waals surface area contributed by atoms with Crippen LogP contribution in [0, 0.1) is 0 Å². The number of carbonyl (C=O) groups is 4. The van der Waals surface area contributed by atoms with E-state index in [1.54, 1.807) is 83.8 Å². The zero-order valence-electron chi connectivity index (χ0n) is 24.8. The van der Waals surface area contributed by atoms with Gasteiger partial charge in [-0.05, 0) is 30.3 Å². The van der Waals surface area contributed by atoms with Gasteiger partial charge in [-0.25, -0.2) is 0 Å². The molecule has 1 aliphatic rings. The van der Waals surface area contributed by atoms with Gasteiger partial charge in [-0.15, -0.1) is 0 Å². The molecular formula is C30H35N9O5. The second-order valence-electron chi connectivity index (χ2n) is 10.5. The molecule has 5 rings (SSSR count). The second kappa shape index (κ2) is 13.4. The largest absolute Gasteiger partial charge is 0.379 e. The van der Waals surface area contributed by atoms with Crippen molar-refractivity contribution in [3.63, 3.8) is 0 Å². The van der Waals surface area contributed by atoms with Crippen LogP contribution in [0.4, 0.5) is 17.1 Å². The monoisotopic (exact) mass is 601 g/mol. The van der Waals surface area contributed by atoms with Crippen molar-refractivity contribution < 1.29 is 23.9 Å². The third-order valence-corrected chi connectivity index (χ3v) is 7.25. The molecule has 1 saturated heterocycles. The highest BCUT2D eigenvalue weighted by Crippen LogP contribution is 2.20. The number of hydrogen-bond acceptors (Lipinski definition) is 7. The zero-order valence-corrected chi connectivity index (χ0v) is 24.8. The maximum atomic E-state index is 13.1. The van der Waals surface area contributed by atoms with Crippen LogP contribution in [0.15, 0.2) is 61.3 Å². The van der Waals surface area contributed by atoms with Gasteiger partial charge in [0.1, 0.15) is 17.1 Å². The maximum Gasteiger partial charge on any atom is 0.272 e. The molecule has 5 heterocycles. The lowest BCUT2D eigenvalue weighted by atomic mass is 10.2. The fourth-order valence-corrected chi connectivity index (χ4v) is 4.92. The van der Waals surface area contributed by atoms with Crippen LogP contribution in [0.25, 0.3) is 0 Å². The number of morpholine rings is 1. The number of nitrogens with zero attached hydrogens (tertiary/aromatic N) is 5. The lowest BCUT2D eigenvalue weighted by Gasteiger charge is -2.26. The van der Waals surface area contributed by atoms with Crippen LogP contribution in [-0.4, -0.2) is 86.6 Å². The number of nitrogens with one attached hydrogen (secondary N) is 4. The number of pyridine rings is 1. The van der Waals surface area contributed by atoms with E-state index in [1.165, 1.54) is 12.4 Å². The molecule has 4 N–H and O–H groups in total. The number of aromatic nitrogens is 4. The van der Waals surface area contributed by atoms with E-state index in [1.807, 2.05) is 0 Å². The van der Waals surface area contributed by atoms with Crippen molar-refractivity contribution in [2.45, 2.75) is 0 Å². The third-order valence-electron chi connectivity index (χ3n) is 7.25. The number of carbonyl (C=O) groups excluding carboxylic acids is 4. The molecule has 1 aliphatic heterocycles. The van der Waals surface area contributed by atoms with Gasteiger partial charge in [0.05, 0.1) is 30.3 Å². The van der Waals surface area contributed by atoms with E-state index < -0.39 is 11.8 Å². The summed E-state index contributed by atoms with van der Waals surface area (Å²) in [5.74, 6) is -1.37. The molecule has 1 fully saturated rings. The summed E-state index contributed by atoms with van der Waals surface area (Å²) in [5.41, 5.74) is 2.82. The summed E-state index contributed by atoms with van der Waals surface area (Å²) in [5, 5.41) is 11.3. The van der Waals surface area contributed by atoms with E-state index in [0.29, 0.717) is 59.5 Å². The Morgan fingerprint density at radius 1 is 0.705 bits per heavy atom. The van der Waals surface area contributed by atoms with Crippen LogP contribution in [-0.2, 0) is 25.9 Å². The summed E-state index contributed by atoms with van der Waals surface area (Å²) in [6.07, 6.45) is 7.98. The van der Waals surface area contributed by atoms with Gasteiger partial charge in [-0.3, -0.25) is 29.1 Å². The molecule has 0 unspecified atom stereocenters. The van der Waals surface area contributed by atoms with Crippen LogP contribution >= 0.6 is 0 Å². The average molecular weight is 602 g/mol. The van der Waals surface area contributed by atoms with E-state index in [-0.39, 0.29) is 11.8 Å². The van der Waals surface area contributed by atoms with Gasteiger partial charge in [0.2, 0.25) is 0 Å². The Morgan fingerprint density at radius 2 is 1.16 bits per heavy atom. The van der Waals surface area contributed by atoms with Gasteiger partial charge in [-0.2, -0.15) is 0 Å². The first kappa shape index (κ1) is 30.3. The first-order valence-corrected chi connectivity index (χ1v) is 14.1. The predicted octanol–water partition coefficient (Wildman–Crippen LogP) is 1.92. The number of anilines is 3. The summed E-state index contributed by atoms with van der Waals surface area (Å²) in [7, 11) is 5.12. The molecule has 44 heavy (non-hydrogen) atoms. The number of aryl methyl sites for hydroxylation is 3. The zero-order chi connectivity index (χ0) is 31.2. The fraction of sp³-hybridized carbons (Fsp3) is 0.300. The van der Waals surface area contributed by atoms with Crippen molar-refractivity contribution in [3.8, 4) is 0 Å². The van der Waals surface area contributed by atoms with Crippen molar-refractivity contribution in [1.82, 2.24) is 28.9 Å². The van der Waals surface area contributed by atoms with Crippen molar-refractivity contribution >= 4 is 40.7 Å². The van der Waals surface area contributed by atoms with Gasteiger partial charge in [0.15, 0.2) is 0 Å². The molecule has 4 amide bonds. The first-order valence-electron chi connectivity index (χ1n) is 14.1. The average Bonchev–Trinajstić information content (AvgIpc) is 3.69. The predicted molar refractivity (Wildman–Crippen MR) is 164 cm³/mol. The lowest BCUT2D eigenvalue weighted by molar-refractivity contribution is 0.0383. The molecule has 230 valence electrons. The number of ether oxygens (including phenoxy) is 1. The van der Waals surface area contributed by atoms with Crippen LogP contribution in [0.5, 0.6) is 0 Å². The first-order chi connectivity index (χ1) is 21.2. The Kier molecular flexibility index (Phi) is 9.21. The Morgan fingerprint density at radius 3 is 1.66 bits per heavy atom. The minimum absolute atomic E-state index is 0.231. The molecule has 0 radical (unpaired) electrons. The molecule has 0 spiro atoms. The topological polar surface area (TPSA) is 157 Å². The summed E-state index contributed by atoms with van der Waals surface area (Å²) in [6.45, 7) is 4.35. The van der Waals surface area contributed by atoms with Crippen LogP contribution < -0.4 is 21.3 Å². The van der Waals surface area contributed by atoms with Crippen molar-refractivity contribution in [3.05, 3.63) is 84.0 Å². The molecular weight excluding hydrogens is 566 g/mol. The van der Waals surface area contributed by atoms with E-state index in [9.17, 15) is 19.2 Å². The maximum absolute atomic E-state index is 13.1. The highest BCUT2D eigenvalue weighted by Gasteiger charge is 2.19. The molecule has 0 atom stereocenters. The summed E-state index contributed by atoms with van der Waals surface area (Å²) >= 11 is 0. The van der Waals surface area contributed by atoms with Gasteiger partial charge in [-0.1, -0.05) is 0 Å². The number of hydrogen-bond donors (Lipinski definition) is 4. The highest BCUT2D eigenvalue weighted by molar-refractivity contribution is 6.08. The molecule has 14 nitrogen and oxygen atoms in total. The van der Waals surface area contributed by atoms with Crippen LogP contribution in [0.3, 0.4) is 0 Å². The number of amides is 4. The van der Waals surface area contributed by atoms with Crippen LogP contribution in [0.1, 0.15) is 41.8 Å². The van der Waals surface area contributed by atoms with Crippen molar-refractivity contribution in [2.75, 3.05) is 55.3 Å². The fourth-order valence-electron chi connectivity index (χ4n) is 4.92. The molecule has 0 aromatic carbocycles. The molecule has 0 aliphatic carbocycles. The second-order valence-corrected chi connectivity index (χ2v) is 10.5. The van der Waals surface area contributed by atoms with Crippen molar-refractivity contribution in [1.29, 1.82) is 0 Å². The van der Waals surface area contributed by atoms with Gasteiger partial charge in [0.25, 0.3) is 23.6 Å². The Labute approximate surface area is 254 Å². The molecule has 0 saturated carbocycles. The summed E-state index contributed by atoms with van der Waals surface area (Å²) < 4.78 is 10.2. The van der Waals surface area contributed by atoms with E-state index in [2.05, 4.69) is 31.2 Å². The standard InChI is InChI=1S/C30H35N9O5/c1-36-18-22(14-24(36)28(41)32-8-9-39-10-12-44-13-11-39)34-30(43)26-16-23(19-38(26)3)35-29(42)25-15-21(17-37(25)2)33-27(40)20-4-6-31-7-5-20/h4-7,14-19H,8-13H2,1-3H3,(H,32,41)(H,33,40)(H,34,43)(H,35,42). The highest BCUT2D eigenvalue weighted by atomic mass is 16.5. The smallest absolute Gasteiger partial charge is 0.272 e. The molecule has 4 aromatic heterocycles. The Hall–Kier alpha value is -5.21. The minimum Gasteiger partial charge on any atom is -0.379 e. The van der Waals surface area contributed by atoms with Crippen LogP contribution in [0.2, 0.25) is 0 Å². The van der Waals surface area contributed by atoms with Gasteiger partial charge >= 0.3 is 0 Å². The van der Waals surface area contributed by atoms with Gasteiger partial charge in [0, 0.05) is 83.9 Å². The molecule has 0 bridgehead atoms. The van der Waals surface area contributed by atoms with E-state index in [0.717, 1.165) is 19.6 Å². The molecule has 4 aromatic rings. The Balaban J connectivity index is 1.17. The lowest BCUT2D eigenvalue weighted by Crippen LogP contribution is -2.41. The quantitative estimate of drug-likeness (QED) is 0.216. The Bertz CT molecular complexity index is 1660. The normalized spacial score (nSPS) is 13.3. The third kappa shape index (κ3) is 7.22. The van der Waals surface area contributed by atoms with E-state index >= 15 is 0 Å².